The van der Waals surface area contributed by atoms with E-state index in [0.29, 0.717) is 25.8 Å². The van der Waals surface area contributed by atoms with Crippen molar-refractivity contribution < 1.29 is 24.9 Å². The summed E-state index contributed by atoms with van der Waals surface area (Å²) in [5, 5.41) is 31.3. The third-order valence-electron chi connectivity index (χ3n) is 4.80. The second-order valence-corrected chi connectivity index (χ2v) is 7.60. The molecule has 2 atom stereocenters. The average Bonchev–Trinajstić information content (AvgIpc) is 2.55. The van der Waals surface area contributed by atoms with Gasteiger partial charge in [-0.05, 0) is 39.2 Å². The van der Waals surface area contributed by atoms with Crippen LogP contribution >= 0.6 is 0 Å². The highest BCUT2D eigenvalue weighted by Gasteiger charge is 2.21. The number of carboxylic acids is 2. The van der Waals surface area contributed by atoms with Crippen LogP contribution in [0.15, 0.2) is 0 Å². The Morgan fingerprint density at radius 1 is 0.923 bits per heavy atom. The van der Waals surface area contributed by atoms with Crippen molar-refractivity contribution in [3.8, 4) is 0 Å². The van der Waals surface area contributed by atoms with Crippen LogP contribution in [-0.4, -0.2) is 45.4 Å². The first-order valence-corrected chi connectivity index (χ1v) is 10.2. The molecule has 0 saturated heterocycles. The average molecular weight is 374 g/mol. The van der Waals surface area contributed by atoms with Crippen molar-refractivity contribution in [1.29, 1.82) is 0 Å². The van der Waals surface area contributed by atoms with E-state index in [4.69, 9.17) is 5.11 Å². The number of rotatable bonds is 18. The minimum atomic E-state index is -0.866. The fraction of sp³-hybridized carbons (Fsp3) is 0.900. The van der Waals surface area contributed by atoms with Crippen molar-refractivity contribution in [3.05, 3.63) is 0 Å². The first kappa shape index (κ1) is 24.9. The second kappa shape index (κ2) is 15.0. The van der Waals surface area contributed by atoms with Crippen molar-refractivity contribution in [2.75, 3.05) is 6.54 Å². The number of hydrogen-bond acceptors (Lipinski definition) is 4. The summed E-state index contributed by atoms with van der Waals surface area (Å²) in [5.41, 5.74) is -0.751. The van der Waals surface area contributed by atoms with Crippen molar-refractivity contribution in [2.24, 2.45) is 0 Å². The van der Waals surface area contributed by atoms with E-state index in [0.717, 1.165) is 38.5 Å². The molecule has 0 rings (SSSR count). The van der Waals surface area contributed by atoms with Crippen molar-refractivity contribution in [3.63, 3.8) is 0 Å². The molecule has 0 aliphatic heterocycles. The van der Waals surface area contributed by atoms with Gasteiger partial charge in [0.2, 0.25) is 0 Å². The molecule has 6 nitrogen and oxygen atoms in total. The molecule has 154 valence electrons. The highest BCUT2D eigenvalue weighted by atomic mass is 16.4. The van der Waals surface area contributed by atoms with Gasteiger partial charge in [-0.1, -0.05) is 58.3 Å². The van der Waals surface area contributed by atoms with E-state index in [-0.39, 0.29) is 6.42 Å². The molecule has 0 aliphatic carbocycles. The Balaban J connectivity index is 3.90. The molecule has 4 N–H and O–H groups in total. The van der Waals surface area contributed by atoms with E-state index in [1.54, 1.807) is 0 Å². The van der Waals surface area contributed by atoms with Gasteiger partial charge in [-0.2, -0.15) is 0 Å². The number of nitrogens with one attached hydrogen (secondary N) is 1. The third kappa shape index (κ3) is 15.1. The lowest BCUT2D eigenvalue weighted by Crippen LogP contribution is -2.40. The Bertz CT molecular complexity index is 384. The minimum Gasteiger partial charge on any atom is -0.481 e. The predicted molar refractivity (Wildman–Crippen MR) is 103 cm³/mol. The summed E-state index contributed by atoms with van der Waals surface area (Å²) in [5.74, 6) is -1.65. The number of aliphatic carboxylic acids is 2. The number of hydrogen-bond donors (Lipinski definition) is 4. The van der Waals surface area contributed by atoms with Gasteiger partial charge in [0.15, 0.2) is 0 Å². The summed E-state index contributed by atoms with van der Waals surface area (Å²) in [7, 11) is 0. The van der Waals surface area contributed by atoms with Crippen molar-refractivity contribution in [1.82, 2.24) is 5.32 Å². The van der Waals surface area contributed by atoms with E-state index >= 15 is 0 Å². The summed E-state index contributed by atoms with van der Waals surface area (Å²) in [4.78, 5) is 21.8. The molecule has 0 heterocycles. The summed E-state index contributed by atoms with van der Waals surface area (Å²) >= 11 is 0. The molecule has 0 amide bonds. The van der Waals surface area contributed by atoms with Crippen LogP contribution < -0.4 is 5.32 Å². The summed E-state index contributed by atoms with van der Waals surface area (Å²) < 4.78 is 0. The molecule has 0 aromatic rings. The zero-order valence-corrected chi connectivity index (χ0v) is 16.6. The SMILES string of the molecule is CCCCCCCC(C)(O)CCNC(CCCCCCC(=O)O)C(=O)O. The lowest BCUT2D eigenvalue weighted by molar-refractivity contribution is -0.140. The van der Waals surface area contributed by atoms with Crippen LogP contribution in [0.5, 0.6) is 0 Å². The first-order chi connectivity index (χ1) is 12.3. The molecule has 6 heteroatoms. The molecular formula is C20H39NO5. The standard InChI is InChI=1S/C20H39NO5/c1-3-4-5-8-11-14-20(2,26)15-16-21-17(19(24)25)12-9-6-7-10-13-18(22)23/h17,21,26H,3-16H2,1-2H3,(H,22,23)(H,24,25). The largest absolute Gasteiger partial charge is 0.481 e. The number of unbranched alkanes of at least 4 members (excludes halogenated alkanes) is 7. The maximum atomic E-state index is 11.3. The van der Waals surface area contributed by atoms with E-state index in [1.165, 1.54) is 19.3 Å². The molecule has 0 radical (unpaired) electrons. The van der Waals surface area contributed by atoms with Gasteiger partial charge in [-0.3, -0.25) is 9.59 Å². The highest BCUT2D eigenvalue weighted by molar-refractivity contribution is 5.73. The Morgan fingerprint density at radius 3 is 2.15 bits per heavy atom. The Hall–Kier alpha value is -1.14. The Morgan fingerprint density at radius 2 is 1.54 bits per heavy atom. The molecule has 0 aromatic heterocycles. The first-order valence-electron chi connectivity index (χ1n) is 10.2. The zero-order chi connectivity index (χ0) is 19.8. The van der Waals surface area contributed by atoms with Gasteiger partial charge in [0.05, 0.1) is 5.60 Å². The summed E-state index contributed by atoms with van der Waals surface area (Å²) in [6, 6.07) is -0.602. The lowest BCUT2D eigenvalue weighted by atomic mass is 9.94. The van der Waals surface area contributed by atoms with Crippen LogP contribution in [0.4, 0.5) is 0 Å². The summed E-state index contributed by atoms with van der Waals surface area (Å²) in [6.07, 6.45) is 10.8. The molecule has 2 unspecified atom stereocenters. The zero-order valence-electron chi connectivity index (χ0n) is 16.6. The smallest absolute Gasteiger partial charge is 0.320 e. The molecule has 26 heavy (non-hydrogen) atoms. The Labute approximate surface area is 158 Å². The third-order valence-corrected chi connectivity index (χ3v) is 4.80. The van der Waals surface area contributed by atoms with Crippen LogP contribution in [0.25, 0.3) is 0 Å². The number of carbonyl (C=O) groups is 2. The van der Waals surface area contributed by atoms with Gasteiger partial charge in [-0.25, -0.2) is 0 Å². The fourth-order valence-corrected chi connectivity index (χ4v) is 3.04. The number of carboxylic acid groups (broad SMARTS) is 2. The van der Waals surface area contributed by atoms with Crippen molar-refractivity contribution in [2.45, 2.75) is 109 Å². The topological polar surface area (TPSA) is 107 Å². The minimum absolute atomic E-state index is 0.175. The van der Waals surface area contributed by atoms with E-state index in [1.807, 2.05) is 6.92 Å². The van der Waals surface area contributed by atoms with Crippen LogP contribution in [-0.2, 0) is 9.59 Å². The monoisotopic (exact) mass is 373 g/mol. The maximum Gasteiger partial charge on any atom is 0.320 e. The molecule has 0 aliphatic rings. The van der Waals surface area contributed by atoms with Crippen LogP contribution in [0.1, 0.15) is 97.3 Å². The molecule has 0 saturated carbocycles. The van der Waals surface area contributed by atoms with Crippen LogP contribution in [0.2, 0.25) is 0 Å². The van der Waals surface area contributed by atoms with Crippen LogP contribution in [0, 0.1) is 0 Å². The molecule has 0 bridgehead atoms. The second-order valence-electron chi connectivity index (χ2n) is 7.60. The molecule has 0 aromatic carbocycles. The molecule has 0 spiro atoms. The molecular weight excluding hydrogens is 334 g/mol. The fourth-order valence-electron chi connectivity index (χ4n) is 3.04. The van der Waals surface area contributed by atoms with Crippen LogP contribution in [0.3, 0.4) is 0 Å². The van der Waals surface area contributed by atoms with Gasteiger partial charge < -0.3 is 20.6 Å². The van der Waals surface area contributed by atoms with Gasteiger partial charge in [0, 0.05) is 6.42 Å². The highest BCUT2D eigenvalue weighted by Crippen LogP contribution is 2.19. The van der Waals surface area contributed by atoms with Gasteiger partial charge >= 0.3 is 11.9 Å². The normalized spacial score (nSPS) is 14.7. The van der Waals surface area contributed by atoms with Gasteiger partial charge in [-0.15, -0.1) is 0 Å². The number of aliphatic hydroxyl groups is 1. The quantitative estimate of drug-likeness (QED) is 0.271. The van der Waals surface area contributed by atoms with Gasteiger partial charge in [0.25, 0.3) is 0 Å². The predicted octanol–water partition coefficient (Wildman–Crippen LogP) is 3.96. The summed E-state index contributed by atoms with van der Waals surface area (Å²) in [6.45, 7) is 4.49. The molecule has 0 fully saturated rings. The lowest BCUT2D eigenvalue weighted by Gasteiger charge is -2.24. The van der Waals surface area contributed by atoms with Gasteiger partial charge in [0.1, 0.15) is 6.04 Å². The van der Waals surface area contributed by atoms with E-state index in [9.17, 15) is 19.8 Å². The van der Waals surface area contributed by atoms with E-state index < -0.39 is 23.6 Å². The van der Waals surface area contributed by atoms with Crippen molar-refractivity contribution >= 4 is 11.9 Å². The van der Waals surface area contributed by atoms with E-state index in [2.05, 4.69) is 12.2 Å². The Kier molecular flexibility index (Phi) is 14.3. The maximum absolute atomic E-state index is 11.3.